The van der Waals surface area contributed by atoms with E-state index in [-0.39, 0.29) is 5.60 Å². The fourth-order valence-electron chi connectivity index (χ4n) is 1.27. The standard InChI is InChI=1S/C10H11NO/c1-10(2)9(11-12-10)8-6-4-3-5-7-8/h3-7H,1-2H3. The van der Waals surface area contributed by atoms with E-state index in [2.05, 4.69) is 5.16 Å². The highest BCUT2D eigenvalue weighted by atomic mass is 16.7. The molecule has 2 nitrogen and oxygen atoms in total. The monoisotopic (exact) mass is 161 g/mol. The fraction of sp³-hybridized carbons (Fsp3) is 0.300. The minimum absolute atomic E-state index is 0.207. The van der Waals surface area contributed by atoms with Crippen LogP contribution in [0.4, 0.5) is 0 Å². The molecule has 1 aromatic rings. The topological polar surface area (TPSA) is 21.6 Å². The molecule has 12 heavy (non-hydrogen) atoms. The van der Waals surface area contributed by atoms with Gasteiger partial charge in [-0.3, -0.25) is 0 Å². The van der Waals surface area contributed by atoms with E-state index < -0.39 is 0 Å². The second kappa shape index (κ2) is 2.34. The van der Waals surface area contributed by atoms with Crippen LogP contribution < -0.4 is 0 Å². The maximum atomic E-state index is 5.07. The zero-order valence-corrected chi connectivity index (χ0v) is 7.24. The summed E-state index contributed by atoms with van der Waals surface area (Å²) in [6.07, 6.45) is 0. The Labute approximate surface area is 71.8 Å². The van der Waals surface area contributed by atoms with Crippen molar-refractivity contribution in [3.8, 4) is 0 Å². The predicted molar refractivity (Wildman–Crippen MR) is 48.1 cm³/mol. The van der Waals surface area contributed by atoms with Crippen LogP contribution in [0.5, 0.6) is 0 Å². The van der Waals surface area contributed by atoms with Crippen molar-refractivity contribution in [2.75, 3.05) is 0 Å². The van der Waals surface area contributed by atoms with Crippen LogP contribution >= 0.6 is 0 Å². The maximum Gasteiger partial charge on any atom is 0.177 e. The van der Waals surface area contributed by atoms with Gasteiger partial charge in [-0.05, 0) is 13.8 Å². The first-order chi connectivity index (χ1) is 5.70. The molecular weight excluding hydrogens is 150 g/mol. The smallest absolute Gasteiger partial charge is 0.177 e. The second-order valence-electron chi connectivity index (χ2n) is 3.41. The molecule has 1 aromatic carbocycles. The second-order valence-corrected chi connectivity index (χ2v) is 3.41. The summed E-state index contributed by atoms with van der Waals surface area (Å²) in [5.41, 5.74) is 1.97. The predicted octanol–water partition coefficient (Wildman–Crippen LogP) is 2.20. The third-order valence-electron chi connectivity index (χ3n) is 1.98. The molecule has 0 bridgehead atoms. The van der Waals surface area contributed by atoms with Crippen molar-refractivity contribution in [2.45, 2.75) is 19.4 Å². The van der Waals surface area contributed by atoms with Crippen molar-refractivity contribution in [2.24, 2.45) is 5.16 Å². The molecule has 0 spiro atoms. The average Bonchev–Trinajstić information content (AvgIpc) is 2.05. The molecule has 0 fully saturated rings. The third kappa shape index (κ3) is 0.998. The number of benzene rings is 1. The van der Waals surface area contributed by atoms with Crippen LogP contribution in [0.2, 0.25) is 0 Å². The van der Waals surface area contributed by atoms with E-state index in [1.807, 2.05) is 44.2 Å². The third-order valence-corrected chi connectivity index (χ3v) is 1.98. The Kier molecular flexibility index (Phi) is 1.43. The summed E-state index contributed by atoms with van der Waals surface area (Å²) >= 11 is 0. The first-order valence-corrected chi connectivity index (χ1v) is 4.02. The summed E-state index contributed by atoms with van der Waals surface area (Å²) in [6.45, 7) is 4.03. The lowest BCUT2D eigenvalue weighted by molar-refractivity contribution is -0.00444. The van der Waals surface area contributed by atoms with Gasteiger partial charge < -0.3 is 4.84 Å². The molecule has 62 valence electrons. The van der Waals surface area contributed by atoms with E-state index in [0.29, 0.717) is 0 Å². The molecule has 0 amide bonds. The molecular formula is C10H11NO. The highest BCUT2D eigenvalue weighted by molar-refractivity contribution is 6.07. The lowest BCUT2D eigenvalue weighted by Gasteiger charge is -2.32. The molecule has 0 atom stereocenters. The molecule has 0 aromatic heterocycles. The lowest BCUT2D eigenvalue weighted by atomic mass is 9.94. The highest BCUT2D eigenvalue weighted by Gasteiger charge is 2.36. The maximum absolute atomic E-state index is 5.07. The first kappa shape index (κ1) is 7.35. The summed E-state index contributed by atoms with van der Waals surface area (Å²) in [7, 11) is 0. The van der Waals surface area contributed by atoms with Crippen molar-refractivity contribution in [3.05, 3.63) is 35.9 Å². The van der Waals surface area contributed by atoms with Crippen LogP contribution in [0.25, 0.3) is 0 Å². The molecule has 0 unspecified atom stereocenters. The van der Waals surface area contributed by atoms with Gasteiger partial charge in [0.1, 0.15) is 5.71 Å². The lowest BCUT2D eigenvalue weighted by Crippen LogP contribution is -2.42. The van der Waals surface area contributed by atoms with Crippen molar-refractivity contribution >= 4 is 5.71 Å². The summed E-state index contributed by atoms with van der Waals surface area (Å²) < 4.78 is 0. The quantitative estimate of drug-likeness (QED) is 0.618. The molecule has 2 rings (SSSR count). The van der Waals surface area contributed by atoms with Gasteiger partial charge in [0.2, 0.25) is 0 Å². The normalized spacial score (nSPS) is 19.0. The molecule has 0 aliphatic carbocycles. The fourth-order valence-corrected chi connectivity index (χ4v) is 1.27. The minimum Gasteiger partial charge on any atom is -0.383 e. The number of rotatable bonds is 1. The van der Waals surface area contributed by atoms with Gasteiger partial charge in [0.05, 0.1) is 0 Å². The molecule has 0 saturated carbocycles. The molecule has 2 heteroatoms. The van der Waals surface area contributed by atoms with E-state index in [4.69, 9.17) is 4.84 Å². The van der Waals surface area contributed by atoms with E-state index >= 15 is 0 Å². The Morgan fingerprint density at radius 3 is 2.25 bits per heavy atom. The number of nitrogens with zero attached hydrogens (tertiary/aromatic N) is 1. The van der Waals surface area contributed by atoms with Crippen molar-refractivity contribution in [3.63, 3.8) is 0 Å². The zero-order valence-electron chi connectivity index (χ0n) is 7.24. The van der Waals surface area contributed by atoms with Gasteiger partial charge in [-0.2, -0.15) is 0 Å². The van der Waals surface area contributed by atoms with E-state index in [1.54, 1.807) is 0 Å². The summed E-state index contributed by atoms with van der Waals surface area (Å²) in [5.74, 6) is 0. The Balaban J connectivity index is 2.35. The van der Waals surface area contributed by atoms with Crippen LogP contribution in [0, 0.1) is 0 Å². The highest BCUT2D eigenvalue weighted by Crippen LogP contribution is 2.26. The van der Waals surface area contributed by atoms with Gasteiger partial charge >= 0.3 is 0 Å². The van der Waals surface area contributed by atoms with Gasteiger partial charge in [0, 0.05) is 5.56 Å². The van der Waals surface area contributed by atoms with Crippen LogP contribution in [-0.4, -0.2) is 11.3 Å². The van der Waals surface area contributed by atoms with Crippen LogP contribution in [0.3, 0.4) is 0 Å². The number of hydrogen-bond acceptors (Lipinski definition) is 2. The molecule has 1 heterocycles. The summed E-state index contributed by atoms with van der Waals surface area (Å²) in [6, 6.07) is 10.1. The van der Waals surface area contributed by atoms with Crippen molar-refractivity contribution < 1.29 is 4.84 Å². The van der Waals surface area contributed by atoms with Gasteiger partial charge in [0.25, 0.3) is 0 Å². The van der Waals surface area contributed by atoms with E-state index in [0.717, 1.165) is 11.3 Å². The Hall–Kier alpha value is -1.31. The van der Waals surface area contributed by atoms with Crippen molar-refractivity contribution in [1.29, 1.82) is 0 Å². The molecule has 1 aliphatic heterocycles. The van der Waals surface area contributed by atoms with E-state index in [1.165, 1.54) is 0 Å². The zero-order chi connectivity index (χ0) is 8.60. The molecule has 0 saturated heterocycles. The van der Waals surface area contributed by atoms with Gasteiger partial charge in [-0.25, -0.2) is 0 Å². The average molecular weight is 161 g/mol. The molecule has 0 radical (unpaired) electrons. The summed E-state index contributed by atoms with van der Waals surface area (Å²) in [4.78, 5) is 5.07. The minimum atomic E-state index is -0.207. The Morgan fingerprint density at radius 2 is 1.83 bits per heavy atom. The van der Waals surface area contributed by atoms with Crippen molar-refractivity contribution in [1.82, 2.24) is 0 Å². The SMILES string of the molecule is CC1(C)ON=C1c1ccccc1. The first-order valence-electron chi connectivity index (χ1n) is 4.02. The van der Waals surface area contributed by atoms with Gasteiger partial charge in [-0.1, -0.05) is 35.5 Å². The van der Waals surface area contributed by atoms with Crippen LogP contribution in [0.15, 0.2) is 35.5 Å². The Bertz CT molecular complexity index is 314. The number of oxime groups is 1. The Morgan fingerprint density at radius 1 is 1.17 bits per heavy atom. The van der Waals surface area contributed by atoms with Crippen LogP contribution in [0.1, 0.15) is 19.4 Å². The molecule has 1 aliphatic rings. The van der Waals surface area contributed by atoms with E-state index in [9.17, 15) is 0 Å². The van der Waals surface area contributed by atoms with Gasteiger partial charge in [0.15, 0.2) is 5.60 Å². The molecule has 0 N–H and O–H groups in total. The van der Waals surface area contributed by atoms with Crippen LogP contribution in [-0.2, 0) is 4.84 Å². The summed E-state index contributed by atoms with van der Waals surface area (Å²) in [5, 5.41) is 3.91. The largest absolute Gasteiger partial charge is 0.383 e. The van der Waals surface area contributed by atoms with Gasteiger partial charge in [-0.15, -0.1) is 0 Å². The number of hydrogen-bond donors (Lipinski definition) is 0.